The fourth-order valence-electron chi connectivity index (χ4n) is 1.75. The van der Waals surface area contributed by atoms with Gasteiger partial charge in [0.1, 0.15) is 6.61 Å². The van der Waals surface area contributed by atoms with Gasteiger partial charge < -0.3 is 15.4 Å². The van der Waals surface area contributed by atoms with Crippen LogP contribution in [0.3, 0.4) is 0 Å². The number of nitrogens with two attached hydrogens (primary N) is 1. The number of nitrogens with zero attached hydrogens (tertiary/aromatic N) is 3. The molecule has 0 aliphatic heterocycles. The fourth-order valence-corrected chi connectivity index (χ4v) is 2.03. The van der Waals surface area contributed by atoms with E-state index in [4.69, 9.17) is 17.3 Å². The number of aromatic nitrogens is 2. The lowest BCUT2D eigenvalue weighted by Crippen LogP contribution is -2.24. The Morgan fingerprint density at radius 3 is 2.71 bits per heavy atom. The molecule has 9 heteroatoms. The summed E-state index contributed by atoms with van der Waals surface area (Å²) < 4.78 is 42.1. The Kier molecular flexibility index (Phi) is 6.92. The van der Waals surface area contributed by atoms with Crippen molar-refractivity contribution in [2.75, 3.05) is 33.9 Å². The van der Waals surface area contributed by atoms with Gasteiger partial charge in [0.05, 0.1) is 29.5 Å². The number of alkyl halides is 3. The summed E-state index contributed by atoms with van der Waals surface area (Å²) in [4.78, 5) is 1.98. The first-order chi connectivity index (χ1) is 9.70. The van der Waals surface area contributed by atoms with Crippen molar-refractivity contribution >= 4 is 11.6 Å². The van der Waals surface area contributed by atoms with Crippen molar-refractivity contribution in [1.29, 1.82) is 0 Å². The van der Waals surface area contributed by atoms with Gasteiger partial charge in [-0.05, 0) is 20.5 Å². The molecule has 0 bridgehead atoms. The Balaban J connectivity index is 2.53. The minimum Gasteiger partial charge on any atom is -0.372 e. The number of rotatable bonds is 8. The maximum absolute atomic E-state index is 12.0. The molecule has 0 spiro atoms. The molecule has 1 aromatic rings. The van der Waals surface area contributed by atoms with Gasteiger partial charge in [-0.2, -0.15) is 18.3 Å². The molecule has 0 saturated carbocycles. The van der Waals surface area contributed by atoms with Gasteiger partial charge in [-0.3, -0.25) is 4.68 Å². The Hall–Kier alpha value is -0.830. The first-order valence-corrected chi connectivity index (χ1v) is 6.84. The van der Waals surface area contributed by atoms with E-state index in [1.807, 2.05) is 19.0 Å². The average molecular weight is 329 g/mol. The van der Waals surface area contributed by atoms with Gasteiger partial charge in [0, 0.05) is 13.2 Å². The number of likely N-dealkylation sites (N-methyl/N-ethyl adjacent to an activating group) is 1. The topological polar surface area (TPSA) is 56.3 Å². The summed E-state index contributed by atoms with van der Waals surface area (Å²) in [5.74, 6) is 0. The Labute approximate surface area is 126 Å². The van der Waals surface area contributed by atoms with E-state index in [0.717, 1.165) is 6.54 Å². The minimum atomic E-state index is -4.32. The van der Waals surface area contributed by atoms with E-state index in [-0.39, 0.29) is 13.0 Å². The van der Waals surface area contributed by atoms with Crippen molar-refractivity contribution in [2.45, 2.75) is 25.2 Å². The lowest BCUT2D eigenvalue weighted by molar-refractivity contribution is -0.174. The van der Waals surface area contributed by atoms with Crippen LogP contribution in [-0.2, 0) is 11.3 Å². The molecule has 0 amide bonds. The summed E-state index contributed by atoms with van der Waals surface area (Å²) in [6.07, 6.45) is -2.60. The summed E-state index contributed by atoms with van der Waals surface area (Å²) in [6.45, 7) is -0.00231. The Morgan fingerprint density at radius 2 is 2.14 bits per heavy atom. The SMILES string of the molecule is CN(C)CCn1ncc(Cl)c1C(N)CCOCC(F)(F)F. The lowest BCUT2D eigenvalue weighted by atomic mass is 10.1. The molecule has 0 aliphatic carbocycles. The highest BCUT2D eigenvalue weighted by molar-refractivity contribution is 6.31. The molecule has 0 aromatic carbocycles. The van der Waals surface area contributed by atoms with E-state index in [0.29, 0.717) is 17.3 Å². The second kappa shape index (κ2) is 7.98. The van der Waals surface area contributed by atoms with Crippen molar-refractivity contribution in [3.8, 4) is 0 Å². The van der Waals surface area contributed by atoms with Crippen LogP contribution in [0.25, 0.3) is 0 Å². The number of hydrogen-bond acceptors (Lipinski definition) is 4. The van der Waals surface area contributed by atoms with E-state index in [1.54, 1.807) is 4.68 Å². The van der Waals surface area contributed by atoms with E-state index in [9.17, 15) is 13.2 Å². The first kappa shape index (κ1) is 18.2. The van der Waals surface area contributed by atoms with E-state index < -0.39 is 18.8 Å². The zero-order valence-corrected chi connectivity index (χ0v) is 12.8. The molecular weight excluding hydrogens is 309 g/mol. The van der Waals surface area contributed by atoms with Gasteiger partial charge >= 0.3 is 6.18 Å². The summed E-state index contributed by atoms with van der Waals surface area (Å²) >= 11 is 6.04. The largest absolute Gasteiger partial charge is 0.411 e. The van der Waals surface area contributed by atoms with Crippen LogP contribution in [0.4, 0.5) is 13.2 Å². The maximum Gasteiger partial charge on any atom is 0.411 e. The van der Waals surface area contributed by atoms with E-state index in [2.05, 4.69) is 9.84 Å². The molecule has 0 radical (unpaired) electrons. The Bertz CT molecular complexity index is 437. The molecule has 1 heterocycles. The van der Waals surface area contributed by atoms with Crippen molar-refractivity contribution in [2.24, 2.45) is 5.73 Å². The second-order valence-corrected chi connectivity index (χ2v) is 5.37. The van der Waals surface area contributed by atoms with Crippen molar-refractivity contribution in [1.82, 2.24) is 14.7 Å². The molecule has 1 unspecified atom stereocenters. The standard InChI is InChI=1S/C12H20ClF3N4O/c1-19(2)4-5-20-11(9(13)7-18-20)10(17)3-6-21-8-12(14,15)16/h7,10H,3-6,8,17H2,1-2H3. The molecule has 1 rings (SSSR count). The van der Waals surface area contributed by atoms with Gasteiger partial charge in [-0.25, -0.2) is 0 Å². The molecule has 5 nitrogen and oxygen atoms in total. The minimum absolute atomic E-state index is 0.0874. The monoisotopic (exact) mass is 328 g/mol. The summed E-state index contributed by atoms with van der Waals surface area (Å²) in [6, 6.07) is -0.518. The van der Waals surface area contributed by atoms with Crippen molar-refractivity contribution in [3.63, 3.8) is 0 Å². The van der Waals surface area contributed by atoms with Crippen LogP contribution in [0.2, 0.25) is 5.02 Å². The van der Waals surface area contributed by atoms with Crippen molar-refractivity contribution < 1.29 is 17.9 Å². The molecule has 2 N–H and O–H groups in total. The number of halogens is 4. The maximum atomic E-state index is 12.0. The van der Waals surface area contributed by atoms with Crippen LogP contribution < -0.4 is 5.73 Å². The van der Waals surface area contributed by atoms with Gasteiger partial charge in [-0.1, -0.05) is 11.6 Å². The van der Waals surface area contributed by atoms with Crippen LogP contribution in [0.15, 0.2) is 6.20 Å². The highest BCUT2D eigenvalue weighted by atomic mass is 35.5. The quantitative estimate of drug-likeness (QED) is 0.742. The van der Waals surface area contributed by atoms with Crippen LogP contribution in [-0.4, -0.2) is 54.7 Å². The lowest BCUT2D eigenvalue weighted by Gasteiger charge is -2.17. The second-order valence-electron chi connectivity index (χ2n) is 4.97. The van der Waals surface area contributed by atoms with Gasteiger partial charge in [0.25, 0.3) is 0 Å². The average Bonchev–Trinajstić information content (AvgIpc) is 2.72. The van der Waals surface area contributed by atoms with E-state index in [1.165, 1.54) is 6.20 Å². The predicted molar refractivity (Wildman–Crippen MR) is 74.2 cm³/mol. The zero-order chi connectivity index (χ0) is 16.0. The highest BCUT2D eigenvalue weighted by Crippen LogP contribution is 2.24. The molecular formula is C12H20ClF3N4O. The van der Waals surface area contributed by atoms with Gasteiger partial charge in [0.2, 0.25) is 0 Å². The van der Waals surface area contributed by atoms with Crippen LogP contribution >= 0.6 is 11.6 Å². The van der Waals surface area contributed by atoms with Gasteiger partial charge in [-0.15, -0.1) is 0 Å². The Morgan fingerprint density at radius 1 is 1.48 bits per heavy atom. The van der Waals surface area contributed by atoms with Crippen molar-refractivity contribution in [3.05, 3.63) is 16.9 Å². The van der Waals surface area contributed by atoms with Crippen LogP contribution in [0.1, 0.15) is 18.2 Å². The number of hydrogen-bond donors (Lipinski definition) is 1. The molecule has 0 fully saturated rings. The van der Waals surface area contributed by atoms with Crippen LogP contribution in [0, 0.1) is 0 Å². The third kappa shape index (κ3) is 6.64. The fraction of sp³-hybridized carbons (Fsp3) is 0.750. The normalized spacial score (nSPS) is 13.9. The van der Waals surface area contributed by atoms with E-state index >= 15 is 0 Å². The third-order valence-electron chi connectivity index (χ3n) is 2.78. The third-order valence-corrected chi connectivity index (χ3v) is 3.07. The zero-order valence-electron chi connectivity index (χ0n) is 12.0. The predicted octanol–water partition coefficient (Wildman–Crippen LogP) is 2.07. The van der Waals surface area contributed by atoms with Crippen LogP contribution in [0.5, 0.6) is 0 Å². The molecule has 0 saturated heterocycles. The van der Waals surface area contributed by atoms with Gasteiger partial charge in [0.15, 0.2) is 0 Å². The first-order valence-electron chi connectivity index (χ1n) is 6.46. The summed E-state index contributed by atoms with van der Waals surface area (Å²) in [5.41, 5.74) is 6.60. The highest BCUT2D eigenvalue weighted by Gasteiger charge is 2.27. The molecule has 0 aliphatic rings. The molecule has 21 heavy (non-hydrogen) atoms. The summed E-state index contributed by atoms with van der Waals surface area (Å²) in [5, 5.41) is 4.55. The number of ether oxygens (including phenoxy) is 1. The molecule has 1 aromatic heterocycles. The smallest absolute Gasteiger partial charge is 0.372 e. The molecule has 122 valence electrons. The summed E-state index contributed by atoms with van der Waals surface area (Å²) in [7, 11) is 3.85. The molecule has 1 atom stereocenters.